The zero-order valence-corrected chi connectivity index (χ0v) is 13.6. The molecule has 1 aromatic rings. The predicted molar refractivity (Wildman–Crippen MR) is 86.0 cm³/mol. The van der Waals surface area contributed by atoms with Gasteiger partial charge in [0.05, 0.1) is 13.2 Å². The van der Waals surface area contributed by atoms with Crippen LogP contribution >= 0.6 is 0 Å². The number of unbranched alkanes of at least 4 members (excludes halogenated alkanes) is 1. The minimum absolute atomic E-state index is 0.597. The first-order valence-electron chi connectivity index (χ1n) is 7.78. The van der Waals surface area contributed by atoms with E-state index in [1.807, 2.05) is 0 Å². The van der Waals surface area contributed by atoms with E-state index in [2.05, 4.69) is 37.4 Å². The fourth-order valence-electron chi connectivity index (χ4n) is 2.01. The maximum Gasteiger partial charge on any atom is 0.126 e. The van der Waals surface area contributed by atoms with Crippen molar-refractivity contribution in [2.24, 2.45) is 0 Å². The van der Waals surface area contributed by atoms with Gasteiger partial charge in [-0.15, -0.1) is 0 Å². The Kier molecular flexibility index (Phi) is 9.87. The molecule has 21 heavy (non-hydrogen) atoms. The largest absolute Gasteiger partial charge is 0.491 e. The third-order valence-electron chi connectivity index (χ3n) is 3.21. The zero-order chi connectivity index (χ0) is 15.3. The summed E-state index contributed by atoms with van der Waals surface area (Å²) in [7, 11) is 1.71. The molecule has 0 unspecified atom stereocenters. The van der Waals surface area contributed by atoms with Crippen LogP contribution in [0.2, 0.25) is 0 Å². The molecule has 1 rings (SSSR count). The van der Waals surface area contributed by atoms with E-state index in [4.69, 9.17) is 14.2 Å². The van der Waals surface area contributed by atoms with E-state index in [0.29, 0.717) is 19.8 Å². The second-order valence-electron chi connectivity index (χ2n) is 5.05. The summed E-state index contributed by atoms with van der Waals surface area (Å²) in [4.78, 5) is 0. The van der Waals surface area contributed by atoms with Crippen LogP contribution in [0.1, 0.15) is 30.9 Å². The molecular formula is C17H29NO3. The Morgan fingerprint density at radius 3 is 2.71 bits per heavy atom. The van der Waals surface area contributed by atoms with Gasteiger partial charge in [0.15, 0.2) is 0 Å². The van der Waals surface area contributed by atoms with Crippen molar-refractivity contribution in [1.82, 2.24) is 5.32 Å². The summed E-state index contributed by atoms with van der Waals surface area (Å²) in [6.45, 7) is 8.64. The van der Waals surface area contributed by atoms with Crippen LogP contribution in [0.3, 0.4) is 0 Å². The van der Waals surface area contributed by atoms with Gasteiger partial charge in [-0.1, -0.05) is 31.5 Å². The topological polar surface area (TPSA) is 39.7 Å². The second kappa shape index (κ2) is 11.5. The van der Waals surface area contributed by atoms with Gasteiger partial charge in [0.2, 0.25) is 0 Å². The molecule has 0 heterocycles. The third kappa shape index (κ3) is 7.46. The highest BCUT2D eigenvalue weighted by molar-refractivity contribution is 5.40. The molecule has 0 bridgehead atoms. The first kappa shape index (κ1) is 18.0. The number of para-hydroxylation sites is 1. The summed E-state index contributed by atoms with van der Waals surface area (Å²) in [5.74, 6) is 0.974. The third-order valence-corrected chi connectivity index (χ3v) is 3.21. The van der Waals surface area contributed by atoms with Crippen molar-refractivity contribution in [1.29, 1.82) is 0 Å². The van der Waals surface area contributed by atoms with Gasteiger partial charge in [-0.25, -0.2) is 0 Å². The fraction of sp³-hybridized carbons (Fsp3) is 0.647. The molecule has 1 N–H and O–H groups in total. The Balaban J connectivity index is 2.39. The molecule has 0 aliphatic rings. The lowest BCUT2D eigenvalue weighted by atomic mass is 10.1. The van der Waals surface area contributed by atoms with Crippen molar-refractivity contribution in [2.75, 3.05) is 40.1 Å². The molecule has 0 spiro atoms. The molecule has 0 radical (unpaired) electrons. The van der Waals surface area contributed by atoms with Gasteiger partial charge >= 0.3 is 0 Å². The Labute approximate surface area is 128 Å². The van der Waals surface area contributed by atoms with Crippen molar-refractivity contribution < 1.29 is 14.2 Å². The number of benzene rings is 1. The van der Waals surface area contributed by atoms with Crippen molar-refractivity contribution in [3.63, 3.8) is 0 Å². The Hall–Kier alpha value is -1.10. The molecule has 0 atom stereocenters. The SMILES string of the molecule is CCCCOCCOc1c(C)cccc1CNCCOC. The average molecular weight is 295 g/mol. The molecule has 0 amide bonds. The number of aryl methyl sites for hydroxylation is 1. The lowest BCUT2D eigenvalue weighted by Gasteiger charge is -2.15. The van der Waals surface area contributed by atoms with E-state index in [1.165, 1.54) is 5.56 Å². The van der Waals surface area contributed by atoms with E-state index < -0.39 is 0 Å². The van der Waals surface area contributed by atoms with Gasteiger partial charge in [-0.05, 0) is 18.9 Å². The smallest absolute Gasteiger partial charge is 0.126 e. The Morgan fingerprint density at radius 2 is 1.95 bits per heavy atom. The van der Waals surface area contributed by atoms with E-state index in [9.17, 15) is 0 Å². The minimum atomic E-state index is 0.597. The molecule has 0 aliphatic carbocycles. The van der Waals surface area contributed by atoms with Gasteiger partial charge in [0.1, 0.15) is 12.4 Å². The van der Waals surface area contributed by atoms with E-state index >= 15 is 0 Å². The first-order valence-corrected chi connectivity index (χ1v) is 7.78. The van der Waals surface area contributed by atoms with Gasteiger partial charge in [0.25, 0.3) is 0 Å². The van der Waals surface area contributed by atoms with Crippen molar-refractivity contribution in [2.45, 2.75) is 33.2 Å². The quantitative estimate of drug-likeness (QED) is 0.602. The number of hydrogen-bond acceptors (Lipinski definition) is 4. The summed E-state index contributed by atoms with van der Waals surface area (Å²) in [6.07, 6.45) is 2.27. The van der Waals surface area contributed by atoms with Gasteiger partial charge in [-0.2, -0.15) is 0 Å². The molecule has 0 saturated carbocycles. The standard InChI is InChI=1S/C17H29NO3/c1-4-5-10-20-12-13-21-17-15(2)7-6-8-16(17)14-18-9-11-19-3/h6-8,18H,4-5,9-14H2,1-3H3. The van der Waals surface area contributed by atoms with E-state index in [-0.39, 0.29) is 0 Å². The summed E-state index contributed by atoms with van der Waals surface area (Å²) in [5.41, 5.74) is 2.34. The molecule has 120 valence electrons. The molecule has 0 fully saturated rings. The monoisotopic (exact) mass is 295 g/mol. The highest BCUT2D eigenvalue weighted by Crippen LogP contribution is 2.23. The Morgan fingerprint density at radius 1 is 1.10 bits per heavy atom. The van der Waals surface area contributed by atoms with Gasteiger partial charge in [-0.3, -0.25) is 0 Å². The van der Waals surface area contributed by atoms with E-state index in [0.717, 1.165) is 43.9 Å². The first-order chi connectivity index (χ1) is 10.3. The lowest BCUT2D eigenvalue weighted by molar-refractivity contribution is 0.0974. The van der Waals surface area contributed by atoms with Crippen LogP contribution < -0.4 is 10.1 Å². The number of hydrogen-bond donors (Lipinski definition) is 1. The molecule has 4 heteroatoms. The summed E-state index contributed by atoms with van der Waals surface area (Å²) < 4.78 is 16.5. The second-order valence-corrected chi connectivity index (χ2v) is 5.05. The molecule has 0 saturated heterocycles. The van der Waals surface area contributed by atoms with Gasteiger partial charge in [0, 0.05) is 32.4 Å². The van der Waals surface area contributed by atoms with Crippen molar-refractivity contribution >= 4 is 0 Å². The highest BCUT2D eigenvalue weighted by Gasteiger charge is 2.06. The minimum Gasteiger partial charge on any atom is -0.491 e. The van der Waals surface area contributed by atoms with Crippen LogP contribution in [-0.4, -0.2) is 40.1 Å². The zero-order valence-electron chi connectivity index (χ0n) is 13.6. The normalized spacial score (nSPS) is 10.8. The number of rotatable bonds is 12. The van der Waals surface area contributed by atoms with Crippen molar-refractivity contribution in [3.05, 3.63) is 29.3 Å². The lowest BCUT2D eigenvalue weighted by Crippen LogP contribution is -2.19. The number of methoxy groups -OCH3 is 1. The van der Waals surface area contributed by atoms with Crippen LogP contribution in [0, 0.1) is 6.92 Å². The maximum atomic E-state index is 5.91. The number of nitrogens with one attached hydrogen (secondary N) is 1. The molecule has 0 aliphatic heterocycles. The molecule has 1 aromatic carbocycles. The van der Waals surface area contributed by atoms with Crippen LogP contribution in [0.4, 0.5) is 0 Å². The van der Waals surface area contributed by atoms with Crippen LogP contribution in [0.25, 0.3) is 0 Å². The Bertz CT molecular complexity index is 382. The summed E-state index contributed by atoms with van der Waals surface area (Å²) in [6, 6.07) is 6.24. The molecule has 0 aromatic heterocycles. The molecular weight excluding hydrogens is 266 g/mol. The fourth-order valence-corrected chi connectivity index (χ4v) is 2.01. The van der Waals surface area contributed by atoms with Crippen LogP contribution in [0.5, 0.6) is 5.75 Å². The summed E-state index contributed by atoms with van der Waals surface area (Å²) >= 11 is 0. The van der Waals surface area contributed by atoms with Crippen molar-refractivity contribution in [3.8, 4) is 5.75 Å². The van der Waals surface area contributed by atoms with E-state index in [1.54, 1.807) is 7.11 Å². The van der Waals surface area contributed by atoms with Gasteiger partial charge < -0.3 is 19.5 Å². The highest BCUT2D eigenvalue weighted by atomic mass is 16.5. The predicted octanol–water partition coefficient (Wildman–Crippen LogP) is 2.93. The van der Waals surface area contributed by atoms with Crippen LogP contribution in [0.15, 0.2) is 18.2 Å². The number of ether oxygens (including phenoxy) is 3. The summed E-state index contributed by atoms with van der Waals surface area (Å²) in [5, 5.41) is 3.35. The maximum absolute atomic E-state index is 5.91. The average Bonchev–Trinajstić information content (AvgIpc) is 2.49. The molecule has 4 nitrogen and oxygen atoms in total. The van der Waals surface area contributed by atoms with Crippen LogP contribution in [-0.2, 0) is 16.0 Å².